The van der Waals surface area contributed by atoms with E-state index in [2.05, 4.69) is 20.1 Å². The summed E-state index contributed by atoms with van der Waals surface area (Å²) in [6.45, 7) is 5.89. The maximum Gasteiger partial charge on any atom is 0.167 e. The molecule has 3 aliphatic rings. The van der Waals surface area contributed by atoms with Crippen molar-refractivity contribution in [2.45, 2.75) is 25.7 Å². The Morgan fingerprint density at radius 1 is 0.842 bits per heavy atom. The van der Waals surface area contributed by atoms with Crippen molar-refractivity contribution < 1.29 is 8.78 Å². The van der Waals surface area contributed by atoms with Gasteiger partial charge in [-0.3, -0.25) is 4.57 Å². The topological polar surface area (TPSA) is 75.2 Å². The van der Waals surface area contributed by atoms with E-state index in [1.165, 1.54) is 12.1 Å². The van der Waals surface area contributed by atoms with Gasteiger partial charge in [0.05, 0.1) is 17.1 Å². The molecule has 196 valence electrons. The number of halogens is 2. The normalized spacial score (nSPS) is 18.9. The van der Waals surface area contributed by atoms with Crippen LogP contribution in [0.15, 0.2) is 48.7 Å². The van der Waals surface area contributed by atoms with E-state index in [9.17, 15) is 4.39 Å². The van der Waals surface area contributed by atoms with Gasteiger partial charge >= 0.3 is 0 Å². The number of rotatable bonds is 4. The molecule has 1 spiro atoms. The number of hydrogen-bond acceptors (Lipinski definition) is 6. The number of pyridine rings is 1. The largest absolute Gasteiger partial charge is 0.396 e. The van der Waals surface area contributed by atoms with Gasteiger partial charge in [0.25, 0.3) is 0 Å². The maximum atomic E-state index is 15.8. The van der Waals surface area contributed by atoms with Gasteiger partial charge in [-0.15, -0.1) is 0 Å². The van der Waals surface area contributed by atoms with E-state index in [1.807, 2.05) is 12.1 Å². The molecule has 4 aromatic rings. The molecule has 0 radical (unpaired) electrons. The monoisotopic (exact) mass is 515 g/mol. The molecule has 7 nitrogen and oxygen atoms in total. The van der Waals surface area contributed by atoms with Crippen LogP contribution in [0.5, 0.6) is 0 Å². The number of imidazole rings is 1. The zero-order valence-electron chi connectivity index (χ0n) is 21.3. The summed E-state index contributed by atoms with van der Waals surface area (Å²) in [4.78, 5) is 14.2. The van der Waals surface area contributed by atoms with Gasteiger partial charge in [-0.1, -0.05) is 0 Å². The van der Waals surface area contributed by atoms with E-state index < -0.39 is 5.82 Å². The number of nitrogens with zero attached hydrogens (tertiary/aromatic N) is 5. The van der Waals surface area contributed by atoms with Gasteiger partial charge in [0, 0.05) is 56.7 Å². The van der Waals surface area contributed by atoms with Gasteiger partial charge in [-0.25, -0.2) is 18.7 Å². The van der Waals surface area contributed by atoms with Gasteiger partial charge in [-0.2, -0.15) is 0 Å². The third-order valence-electron chi connectivity index (χ3n) is 8.59. The van der Waals surface area contributed by atoms with Crippen LogP contribution >= 0.6 is 0 Å². The van der Waals surface area contributed by atoms with Crippen LogP contribution in [0.2, 0.25) is 0 Å². The first kappa shape index (κ1) is 23.4. The van der Waals surface area contributed by atoms with Gasteiger partial charge in [0.15, 0.2) is 5.65 Å². The number of anilines is 3. The molecule has 38 heavy (non-hydrogen) atoms. The SMILES string of the molecule is Nc1ccc(-c2nc3c(N4CCC5(CC4)CNC5)ccnc3n2-c2ccc(N3CCCC3)cc2F)cc1F. The van der Waals surface area contributed by atoms with Crippen molar-refractivity contribution >= 4 is 28.2 Å². The molecule has 9 heteroatoms. The molecule has 0 saturated carbocycles. The van der Waals surface area contributed by atoms with Gasteiger partial charge in [0.1, 0.15) is 23.0 Å². The van der Waals surface area contributed by atoms with Crippen LogP contribution in [0.3, 0.4) is 0 Å². The summed E-state index contributed by atoms with van der Waals surface area (Å²) in [5.74, 6) is -0.464. The molecule has 3 aliphatic heterocycles. The molecule has 0 unspecified atom stereocenters. The molecule has 0 atom stereocenters. The van der Waals surface area contributed by atoms with Crippen LogP contribution in [-0.2, 0) is 0 Å². The number of nitrogens with one attached hydrogen (secondary N) is 1. The summed E-state index contributed by atoms with van der Waals surface area (Å²) in [6.07, 6.45) is 6.22. The first-order valence-electron chi connectivity index (χ1n) is 13.4. The first-order chi connectivity index (χ1) is 18.5. The third kappa shape index (κ3) is 3.79. The predicted octanol–water partition coefficient (Wildman–Crippen LogP) is 4.74. The Hall–Kier alpha value is -3.72. The second-order valence-electron chi connectivity index (χ2n) is 10.9. The van der Waals surface area contributed by atoms with E-state index >= 15 is 4.39 Å². The number of hydrogen-bond donors (Lipinski definition) is 2. The highest BCUT2D eigenvalue weighted by atomic mass is 19.1. The first-order valence-corrected chi connectivity index (χ1v) is 13.4. The Morgan fingerprint density at radius 3 is 2.32 bits per heavy atom. The Balaban J connectivity index is 1.37. The smallest absolute Gasteiger partial charge is 0.167 e. The number of aromatic nitrogens is 3. The minimum atomic E-state index is -0.533. The zero-order chi connectivity index (χ0) is 25.9. The van der Waals surface area contributed by atoms with E-state index in [0.717, 1.165) is 76.3 Å². The Kier molecular flexibility index (Phi) is 5.51. The molecule has 5 heterocycles. The van der Waals surface area contributed by atoms with Crippen LogP contribution in [0, 0.1) is 17.0 Å². The number of nitrogen functional groups attached to an aromatic ring is 1. The highest BCUT2D eigenvalue weighted by Gasteiger charge is 2.40. The Morgan fingerprint density at radius 2 is 1.63 bits per heavy atom. The fourth-order valence-corrected chi connectivity index (χ4v) is 6.21. The summed E-state index contributed by atoms with van der Waals surface area (Å²) >= 11 is 0. The molecule has 3 N–H and O–H groups in total. The number of benzene rings is 2. The summed E-state index contributed by atoms with van der Waals surface area (Å²) in [5.41, 5.74) is 10.2. The molecular weight excluding hydrogens is 484 g/mol. The second-order valence-corrected chi connectivity index (χ2v) is 10.9. The van der Waals surface area contributed by atoms with E-state index in [4.69, 9.17) is 10.7 Å². The minimum Gasteiger partial charge on any atom is -0.396 e. The van der Waals surface area contributed by atoms with Crippen LogP contribution in [0.4, 0.5) is 25.8 Å². The summed E-state index contributed by atoms with van der Waals surface area (Å²) in [5, 5.41) is 3.42. The van der Waals surface area contributed by atoms with Crippen LogP contribution in [0.1, 0.15) is 25.7 Å². The van der Waals surface area contributed by atoms with Crippen molar-refractivity contribution in [3.05, 3.63) is 60.3 Å². The van der Waals surface area contributed by atoms with Gasteiger partial charge < -0.3 is 20.9 Å². The lowest BCUT2D eigenvalue weighted by molar-refractivity contribution is 0.126. The van der Waals surface area contributed by atoms with Crippen molar-refractivity contribution in [1.82, 2.24) is 19.9 Å². The van der Waals surface area contributed by atoms with Crippen molar-refractivity contribution in [3.8, 4) is 17.1 Å². The average Bonchev–Trinajstić information content (AvgIpc) is 3.58. The molecular formula is C29H31F2N7. The molecule has 2 aromatic carbocycles. The zero-order valence-corrected chi connectivity index (χ0v) is 21.3. The highest BCUT2D eigenvalue weighted by Crippen LogP contribution is 2.39. The molecule has 3 fully saturated rings. The molecule has 2 aromatic heterocycles. The second kappa shape index (κ2) is 8.94. The summed E-state index contributed by atoms with van der Waals surface area (Å²) in [6, 6.07) is 11.9. The van der Waals surface area contributed by atoms with Crippen molar-refractivity contribution in [2.24, 2.45) is 5.41 Å². The quantitative estimate of drug-likeness (QED) is 0.383. The minimum absolute atomic E-state index is 0.0594. The fraction of sp³-hybridized carbons (Fsp3) is 0.379. The van der Waals surface area contributed by atoms with E-state index in [-0.39, 0.29) is 11.5 Å². The van der Waals surface area contributed by atoms with Crippen LogP contribution in [0.25, 0.3) is 28.2 Å². The van der Waals surface area contributed by atoms with Crippen molar-refractivity contribution in [2.75, 3.05) is 54.8 Å². The predicted molar refractivity (Wildman–Crippen MR) is 147 cm³/mol. The lowest BCUT2D eigenvalue weighted by atomic mass is 9.73. The maximum absolute atomic E-state index is 15.8. The molecule has 7 rings (SSSR count). The fourth-order valence-electron chi connectivity index (χ4n) is 6.21. The third-order valence-corrected chi connectivity index (χ3v) is 8.59. The molecule has 3 saturated heterocycles. The van der Waals surface area contributed by atoms with Gasteiger partial charge in [-0.05, 0) is 73.6 Å². The lowest BCUT2D eigenvalue weighted by Crippen LogP contribution is -2.58. The molecule has 0 amide bonds. The summed E-state index contributed by atoms with van der Waals surface area (Å²) < 4.78 is 32.1. The Bertz CT molecular complexity index is 1510. The molecule has 0 bridgehead atoms. The van der Waals surface area contributed by atoms with Crippen molar-refractivity contribution in [3.63, 3.8) is 0 Å². The van der Waals surface area contributed by atoms with Crippen LogP contribution < -0.4 is 20.9 Å². The average molecular weight is 516 g/mol. The van der Waals surface area contributed by atoms with Crippen LogP contribution in [-0.4, -0.2) is 53.8 Å². The molecule has 0 aliphatic carbocycles. The Labute approximate surface area is 220 Å². The highest BCUT2D eigenvalue weighted by molar-refractivity contribution is 5.91. The standard InChI is InChI=1S/C29H31F2N7/c30-21-15-19(3-5-23(21)32)27-35-26-25(37-13-8-29(9-14-37)17-33-18-29)7-10-34-28(26)38(27)24-6-4-20(16-22(24)31)36-11-1-2-12-36/h3-7,10,15-16,33H,1-2,8-9,11-14,17-18,32H2. The number of fused-ring (bicyclic) bond motifs is 1. The van der Waals surface area contributed by atoms with E-state index in [1.54, 1.807) is 29.0 Å². The number of nitrogens with two attached hydrogens (primary N) is 1. The van der Waals surface area contributed by atoms with Gasteiger partial charge in [0.2, 0.25) is 0 Å². The lowest BCUT2D eigenvalue weighted by Gasteiger charge is -2.48. The summed E-state index contributed by atoms with van der Waals surface area (Å²) in [7, 11) is 0. The van der Waals surface area contributed by atoms with Crippen molar-refractivity contribution in [1.29, 1.82) is 0 Å². The van der Waals surface area contributed by atoms with E-state index in [0.29, 0.717) is 33.7 Å². The number of piperidine rings is 1.